The normalized spacial score (nSPS) is 28.1. The van der Waals surface area contributed by atoms with E-state index in [2.05, 4.69) is 0 Å². The molecular formula is C17H18O7. The summed E-state index contributed by atoms with van der Waals surface area (Å²) in [7, 11) is 1.36. The van der Waals surface area contributed by atoms with Gasteiger partial charge in [0, 0.05) is 6.42 Å². The van der Waals surface area contributed by atoms with Crippen molar-refractivity contribution in [1.82, 2.24) is 0 Å². The highest BCUT2D eigenvalue weighted by Gasteiger charge is 2.64. The Morgan fingerprint density at radius 1 is 1.42 bits per heavy atom. The number of cyclic esters (lactones) is 1. The van der Waals surface area contributed by atoms with Crippen molar-refractivity contribution in [3.63, 3.8) is 0 Å². The molecule has 1 aromatic rings. The molecule has 7 nitrogen and oxygen atoms in total. The lowest BCUT2D eigenvalue weighted by Gasteiger charge is -2.37. The second-order valence-corrected chi connectivity index (χ2v) is 6.27. The molecule has 0 radical (unpaired) electrons. The largest absolute Gasteiger partial charge is 0.504 e. The molecule has 1 heterocycles. The highest BCUT2D eigenvalue weighted by molar-refractivity contribution is 6.09. The molecular weight excluding hydrogens is 316 g/mol. The minimum absolute atomic E-state index is 0.0190. The molecule has 3 rings (SSSR count). The topological polar surface area (TPSA) is 110 Å². The average Bonchev–Trinajstić information content (AvgIpc) is 2.77. The van der Waals surface area contributed by atoms with Gasteiger partial charge in [0.25, 0.3) is 0 Å². The standard InChI is InChI=1S/C17H18O7/c1-8(18)5-6-17-10(15(21)24-16(17)22)7-9-3-4-11(23-2)13(19)12(9)14(17)20/h3-4,10,16,19,22H,5-7H2,1-2H3/t10-,16?,17+/m1/s1. The number of Topliss-reactive ketones (excluding diaryl/α,β-unsaturated/α-hetero) is 2. The zero-order chi connectivity index (χ0) is 17.6. The van der Waals surface area contributed by atoms with E-state index in [0.717, 1.165) is 0 Å². The molecule has 0 amide bonds. The molecule has 128 valence electrons. The monoisotopic (exact) mass is 334 g/mol. The highest BCUT2D eigenvalue weighted by atomic mass is 16.6. The van der Waals surface area contributed by atoms with Crippen molar-refractivity contribution < 1.29 is 34.1 Å². The number of esters is 1. The van der Waals surface area contributed by atoms with Crippen LogP contribution in [0.5, 0.6) is 11.5 Å². The number of aromatic hydroxyl groups is 1. The molecule has 1 fully saturated rings. The van der Waals surface area contributed by atoms with Crippen LogP contribution in [0.1, 0.15) is 35.7 Å². The summed E-state index contributed by atoms with van der Waals surface area (Å²) < 4.78 is 9.95. The summed E-state index contributed by atoms with van der Waals surface area (Å²) >= 11 is 0. The van der Waals surface area contributed by atoms with Crippen LogP contribution in [0.4, 0.5) is 0 Å². The minimum atomic E-state index is -1.64. The van der Waals surface area contributed by atoms with Gasteiger partial charge in [-0.15, -0.1) is 0 Å². The highest BCUT2D eigenvalue weighted by Crippen LogP contribution is 2.53. The lowest BCUT2D eigenvalue weighted by Crippen LogP contribution is -2.48. The van der Waals surface area contributed by atoms with Crippen LogP contribution in [-0.4, -0.2) is 41.1 Å². The molecule has 1 saturated heterocycles. The average molecular weight is 334 g/mol. The summed E-state index contributed by atoms with van der Waals surface area (Å²) in [6.45, 7) is 1.37. The van der Waals surface area contributed by atoms with Crippen LogP contribution >= 0.6 is 0 Å². The van der Waals surface area contributed by atoms with E-state index in [1.165, 1.54) is 20.1 Å². The molecule has 2 N–H and O–H groups in total. The molecule has 3 atom stereocenters. The van der Waals surface area contributed by atoms with Crippen LogP contribution in [0.25, 0.3) is 0 Å². The lowest BCUT2D eigenvalue weighted by atomic mass is 9.62. The van der Waals surface area contributed by atoms with Crippen molar-refractivity contribution in [2.24, 2.45) is 11.3 Å². The van der Waals surface area contributed by atoms with E-state index < -0.39 is 29.4 Å². The van der Waals surface area contributed by atoms with Gasteiger partial charge >= 0.3 is 5.97 Å². The first-order valence-electron chi connectivity index (χ1n) is 7.64. The maximum atomic E-state index is 13.2. The van der Waals surface area contributed by atoms with Crippen LogP contribution in [0.2, 0.25) is 0 Å². The van der Waals surface area contributed by atoms with Gasteiger partial charge in [0.15, 0.2) is 17.3 Å². The third-order valence-corrected chi connectivity index (χ3v) is 4.99. The fraction of sp³-hybridized carbons (Fsp3) is 0.471. The Hall–Kier alpha value is -2.41. The van der Waals surface area contributed by atoms with Crippen molar-refractivity contribution in [3.8, 4) is 11.5 Å². The predicted molar refractivity (Wildman–Crippen MR) is 80.6 cm³/mol. The zero-order valence-electron chi connectivity index (χ0n) is 13.4. The molecule has 0 saturated carbocycles. The number of carbonyl (C=O) groups excluding carboxylic acids is 3. The van der Waals surface area contributed by atoms with Gasteiger partial charge in [0.1, 0.15) is 11.2 Å². The number of benzene rings is 1. The molecule has 24 heavy (non-hydrogen) atoms. The molecule has 7 heteroatoms. The fourth-order valence-corrected chi connectivity index (χ4v) is 3.66. The minimum Gasteiger partial charge on any atom is -0.504 e. The van der Waals surface area contributed by atoms with Gasteiger partial charge in [-0.1, -0.05) is 6.07 Å². The molecule has 0 bridgehead atoms. The summed E-state index contributed by atoms with van der Waals surface area (Å²) in [6.07, 6.45) is -1.49. The van der Waals surface area contributed by atoms with Crippen LogP contribution in [-0.2, 0) is 20.7 Å². The Kier molecular flexibility index (Phi) is 3.83. The Balaban J connectivity index is 2.16. The summed E-state index contributed by atoms with van der Waals surface area (Å²) in [6, 6.07) is 3.12. The van der Waals surface area contributed by atoms with Crippen LogP contribution in [0, 0.1) is 11.3 Å². The number of carbonyl (C=O) groups is 3. The van der Waals surface area contributed by atoms with Gasteiger partial charge in [-0.3, -0.25) is 9.59 Å². The molecule has 1 aliphatic heterocycles. The number of hydrogen-bond acceptors (Lipinski definition) is 7. The maximum absolute atomic E-state index is 13.2. The number of fused-ring (bicyclic) bond motifs is 2. The molecule has 1 aliphatic carbocycles. The SMILES string of the molecule is COc1ccc2c(c1O)C(=O)[C@@]1(CCC(C)=O)C(O)OC(=O)[C@H]1C2. The second kappa shape index (κ2) is 5.59. The van der Waals surface area contributed by atoms with Crippen molar-refractivity contribution in [3.05, 3.63) is 23.3 Å². The van der Waals surface area contributed by atoms with Crippen molar-refractivity contribution in [2.45, 2.75) is 32.5 Å². The van der Waals surface area contributed by atoms with Crippen LogP contribution < -0.4 is 4.74 Å². The summed E-state index contributed by atoms with van der Waals surface area (Å²) in [5, 5.41) is 20.6. The van der Waals surface area contributed by atoms with E-state index in [1.807, 2.05) is 0 Å². The summed E-state index contributed by atoms with van der Waals surface area (Å²) in [5.41, 5.74) is -1.04. The van der Waals surface area contributed by atoms with Gasteiger partial charge < -0.3 is 24.5 Å². The lowest BCUT2D eigenvalue weighted by molar-refractivity contribution is -0.159. The number of hydrogen-bond donors (Lipinski definition) is 2. The van der Waals surface area contributed by atoms with E-state index in [-0.39, 0.29) is 42.1 Å². The number of phenolic OH excluding ortho intramolecular Hbond substituents is 1. The Labute approximate surface area is 138 Å². The number of aliphatic hydroxyl groups excluding tert-OH is 1. The first-order valence-corrected chi connectivity index (χ1v) is 7.64. The zero-order valence-corrected chi connectivity index (χ0v) is 13.4. The smallest absolute Gasteiger partial charge is 0.312 e. The third-order valence-electron chi connectivity index (χ3n) is 4.99. The summed E-state index contributed by atoms with van der Waals surface area (Å²) in [4.78, 5) is 36.7. The predicted octanol–water partition coefficient (Wildman–Crippen LogP) is 0.987. The van der Waals surface area contributed by atoms with Gasteiger partial charge in [-0.25, -0.2) is 0 Å². The van der Waals surface area contributed by atoms with E-state index in [1.54, 1.807) is 6.07 Å². The molecule has 1 unspecified atom stereocenters. The van der Waals surface area contributed by atoms with Crippen LogP contribution in [0.15, 0.2) is 12.1 Å². The summed E-state index contributed by atoms with van der Waals surface area (Å²) in [5.74, 6) is -2.50. The molecule has 0 aromatic heterocycles. The Morgan fingerprint density at radius 3 is 2.75 bits per heavy atom. The number of phenols is 1. The van der Waals surface area contributed by atoms with Crippen molar-refractivity contribution in [2.75, 3.05) is 7.11 Å². The first-order chi connectivity index (χ1) is 11.3. The molecule has 1 aromatic carbocycles. The quantitative estimate of drug-likeness (QED) is 0.790. The van der Waals surface area contributed by atoms with Crippen LogP contribution in [0.3, 0.4) is 0 Å². The Morgan fingerprint density at radius 2 is 2.12 bits per heavy atom. The van der Waals surface area contributed by atoms with Crippen molar-refractivity contribution >= 4 is 17.5 Å². The first kappa shape index (κ1) is 16.4. The second-order valence-electron chi connectivity index (χ2n) is 6.27. The van der Waals surface area contributed by atoms with Gasteiger partial charge in [0.05, 0.1) is 18.6 Å². The Bertz CT molecular complexity index is 739. The van der Waals surface area contributed by atoms with E-state index in [4.69, 9.17) is 9.47 Å². The van der Waals surface area contributed by atoms with Gasteiger partial charge in [-0.2, -0.15) is 0 Å². The number of methoxy groups -OCH3 is 1. The fourth-order valence-electron chi connectivity index (χ4n) is 3.66. The number of rotatable bonds is 4. The van der Waals surface area contributed by atoms with Gasteiger partial charge in [-0.05, 0) is 31.4 Å². The molecule has 0 spiro atoms. The van der Waals surface area contributed by atoms with E-state index in [9.17, 15) is 24.6 Å². The maximum Gasteiger partial charge on any atom is 0.312 e. The number of ketones is 2. The van der Waals surface area contributed by atoms with E-state index >= 15 is 0 Å². The van der Waals surface area contributed by atoms with E-state index in [0.29, 0.717) is 5.56 Å². The number of ether oxygens (including phenoxy) is 2. The number of aliphatic hydroxyl groups is 1. The molecule has 2 aliphatic rings. The third kappa shape index (κ3) is 2.11. The van der Waals surface area contributed by atoms with Gasteiger partial charge in [0.2, 0.25) is 6.29 Å². The van der Waals surface area contributed by atoms with Crippen molar-refractivity contribution in [1.29, 1.82) is 0 Å².